The minimum absolute atomic E-state index is 0.188. The molecule has 4 aliphatic rings. The molecule has 0 aliphatic heterocycles. The van der Waals surface area contributed by atoms with E-state index in [1.54, 1.807) is 0 Å². The van der Waals surface area contributed by atoms with Crippen LogP contribution in [-0.4, -0.2) is 79.7 Å². The third-order valence-corrected chi connectivity index (χ3v) is 11.7. The predicted molar refractivity (Wildman–Crippen MR) is 156 cm³/mol. The van der Waals surface area contributed by atoms with Crippen molar-refractivity contribution < 1.29 is 44.6 Å². The van der Waals surface area contributed by atoms with Gasteiger partial charge in [0.15, 0.2) is 0 Å². The Morgan fingerprint density at radius 2 is 1.64 bits per heavy atom. The van der Waals surface area contributed by atoms with Gasteiger partial charge in [-0.15, -0.1) is 0 Å². The molecule has 0 bridgehead atoms. The second-order valence-electron chi connectivity index (χ2n) is 14.3. The van der Waals surface area contributed by atoms with Crippen LogP contribution in [-0.2, 0) is 19.1 Å². The molecule has 0 aromatic heterocycles. The van der Waals surface area contributed by atoms with E-state index >= 15 is 0 Å². The van der Waals surface area contributed by atoms with Crippen LogP contribution in [0, 0.1) is 40.4 Å². The lowest BCUT2D eigenvalue weighted by atomic mass is 9.42. The molecule has 4 aliphatic carbocycles. The summed E-state index contributed by atoms with van der Waals surface area (Å²) in [5.41, 5.74) is -6.09. The van der Waals surface area contributed by atoms with Gasteiger partial charge >= 0.3 is 11.9 Å². The molecule has 4 rings (SSSR count). The maximum Gasteiger partial charge on any atom is 0.303 e. The van der Waals surface area contributed by atoms with Crippen LogP contribution >= 0.6 is 0 Å². The van der Waals surface area contributed by atoms with Gasteiger partial charge in [-0.05, 0) is 72.7 Å². The van der Waals surface area contributed by atoms with Crippen molar-refractivity contribution in [3.05, 3.63) is 23.8 Å². The number of aliphatic hydroxyl groups is 5. The first-order valence-corrected chi connectivity index (χ1v) is 15.7. The zero-order valence-electron chi connectivity index (χ0n) is 26.2. The highest BCUT2D eigenvalue weighted by Crippen LogP contribution is 2.69. The summed E-state index contributed by atoms with van der Waals surface area (Å²) in [6, 6.07) is 0. The first kappa shape index (κ1) is 33.1. The lowest BCUT2D eigenvalue weighted by Crippen LogP contribution is -2.80. The van der Waals surface area contributed by atoms with Crippen molar-refractivity contribution in [2.75, 3.05) is 6.61 Å². The largest absolute Gasteiger partial charge is 0.465 e. The maximum absolute atomic E-state index is 13.0. The number of carbonyl (C=O) groups excluding carboxylic acids is 2. The van der Waals surface area contributed by atoms with E-state index in [9.17, 15) is 35.1 Å². The Kier molecular flexibility index (Phi) is 9.16. The van der Waals surface area contributed by atoms with E-state index in [1.165, 1.54) is 19.9 Å². The van der Waals surface area contributed by atoms with Gasteiger partial charge in [-0.2, -0.15) is 0 Å². The number of esters is 2. The number of hydrogen-bond acceptors (Lipinski definition) is 9. The molecule has 238 valence electrons. The van der Waals surface area contributed by atoms with Gasteiger partial charge < -0.3 is 35.0 Å². The molecule has 0 spiro atoms. The third-order valence-electron chi connectivity index (χ3n) is 11.7. The number of allylic oxidation sites excluding steroid dienone is 2. The molecular weight excluding hydrogens is 540 g/mol. The molecule has 3 fully saturated rings. The molecule has 3 saturated carbocycles. The fourth-order valence-electron chi connectivity index (χ4n) is 9.40. The van der Waals surface area contributed by atoms with E-state index < -0.39 is 71.4 Å². The van der Waals surface area contributed by atoms with Crippen molar-refractivity contribution in [2.45, 2.75) is 123 Å². The van der Waals surface area contributed by atoms with Crippen LogP contribution in [0.2, 0.25) is 0 Å². The standard InChI is InChI=1S/C33H52O9/c1-8-22(18(2)3)10-9-19(4)23-11-12-24-25-13-28(38)32(39)15-27(37)26(36)14-31(32,17-41-20(5)34)33(25,40)29(42-21(6)35)16-30(23,24)7/h9-10,13,18-19,22-24,26-29,36-40H,8,11-12,14-17H2,1-7H3. The number of aliphatic hydroxyl groups excluding tert-OH is 3. The van der Waals surface area contributed by atoms with Crippen molar-refractivity contribution in [1.29, 1.82) is 0 Å². The number of hydrogen-bond donors (Lipinski definition) is 5. The van der Waals surface area contributed by atoms with Gasteiger partial charge in [0.1, 0.15) is 30.0 Å². The van der Waals surface area contributed by atoms with Crippen LogP contribution in [0.25, 0.3) is 0 Å². The normalized spacial score (nSPS) is 44.5. The molecule has 0 radical (unpaired) electrons. The van der Waals surface area contributed by atoms with Crippen molar-refractivity contribution in [1.82, 2.24) is 0 Å². The molecule has 0 saturated heterocycles. The molecule has 9 nitrogen and oxygen atoms in total. The topological polar surface area (TPSA) is 154 Å². The Morgan fingerprint density at radius 1 is 1.00 bits per heavy atom. The smallest absolute Gasteiger partial charge is 0.303 e. The summed E-state index contributed by atoms with van der Waals surface area (Å²) in [6.07, 6.45) is 2.68. The molecule has 12 atom stereocenters. The van der Waals surface area contributed by atoms with Gasteiger partial charge in [0.05, 0.1) is 17.6 Å². The maximum atomic E-state index is 13.0. The van der Waals surface area contributed by atoms with E-state index in [0.717, 1.165) is 12.8 Å². The Labute approximate surface area is 250 Å². The second kappa shape index (κ2) is 11.6. The SMILES string of the molecule is CCC(C=CC(C)C1CCC2C3=CC(O)C4(O)CC(O)C(O)CC4(COC(C)=O)C3(O)C(OC(C)=O)CC21C)C(C)C. The average molecular weight is 593 g/mol. The summed E-state index contributed by atoms with van der Waals surface area (Å²) >= 11 is 0. The number of ether oxygens (including phenoxy) is 2. The molecule has 42 heavy (non-hydrogen) atoms. The molecule has 9 heteroatoms. The van der Waals surface area contributed by atoms with E-state index in [0.29, 0.717) is 23.8 Å². The number of carbonyl (C=O) groups is 2. The van der Waals surface area contributed by atoms with Crippen LogP contribution in [0.15, 0.2) is 23.8 Å². The molecule has 12 unspecified atom stereocenters. The summed E-state index contributed by atoms with van der Waals surface area (Å²) in [7, 11) is 0. The van der Waals surface area contributed by atoms with Crippen LogP contribution in [0.5, 0.6) is 0 Å². The highest BCUT2D eigenvalue weighted by atomic mass is 16.6. The van der Waals surface area contributed by atoms with E-state index in [-0.39, 0.29) is 30.6 Å². The Morgan fingerprint density at radius 3 is 2.21 bits per heavy atom. The summed E-state index contributed by atoms with van der Waals surface area (Å²) in [6.45, 7) is 12.9. The zero-order chi connectivity index (χ0) is 31.4. The number of rotatable bonds is 8. The van der Waals surface area contributed by atoms with Gasteiger partial charge in [-0.3, -0.25) is 9.59 Å². The van der Waals surface area contributed by atoms with Crippen molar-refractivity contribution in [3.63, 3.8) is 0 Å². The Bertz CT molecular complexity index is 1100. The lowest BCUT2D eigenvalue weighted by molar-refractivity contribution is -0.313. The van der Waals surface area contributed by atoms with Crippen LogP contribution in [0.1, 0.15) is 87.0 Å². The van der Waals surface area contributed by atoms with Crippen LogP contribution in [0.4, 0.5) is 0 Å². The fraction of sp³-hybridized carbons (Fsp3) is 0.818. The molecule has 0 heterocycles. The average Bonchev–Trinajstić information content (AvgIpc) is 3.23. The lowest BCUT2D eigenvalue weighted by Gasteiger charge is -2.67. The highest BCUT2D eigenvalue weighted by molar-refractivity contribution is 5.67. The van der Waals surface area contributed by atoms with Crippen molar-refractivity contribution in [2.24, 2.45) is 40.4 Å². The van der Waals surface area contributed by atoms with Gasteiger partial charge in [-0.25, -0.2) is 0 Å². The number of fused-ring (bicyclic) bond motifs is 5. The zero-order valence-corrected chi connectivity index (χ0v) is 26.2. The second-order valence-corrected chi connectivity index (χ2v) is 14.3. The van der Waals surface area contributed by atoms with E-state index in [4.69, 9.17) is 9.47 Å². The first-order chi connectivity index (χ1) is 19.5. The minimum atomic E-state index is -2.18. The van der Waals surface area contributed by atoms with Crippen molar-refractivity contribution in [3.8, 4) is 0 Å². The van der Waals surface area contributed by atoms with Gasteiger partial charge in [0.2, 0.25) is 0 Å². The highest BCUT2D eigenvalue weighted by Gasteiger charge is 2.77. The first-order valence-electron chi connectivity index (χ1n) is 15.7. The summed E-state index contributed by atoms with van der Waals surface area (Å²) < 4.78 is 11.4. The monoisotopic (exact) mass is 592 g/mol. The van der Waals surface area contributed by atoms with E-state index in [2.05, 4.69) is 46.8 Å². The molecule has 0 aromatic rings. The van der Waals surface area contributed by atoms with Crippen LogP contribution in [0.3, 0.4) is 0 Å². The van der Waals surface area contributed by atoms with Crippen LogP contribution < -0.4 is 0 Å². The minimum Gasteiger partial charge on any atom is -0.465 e. The Balaban J connectivity index is 1.86. The fourth-order valence-corrected chi connectivity index (χ4v) is 9.40. The summed E-state index contributed by atoms with van der Waals surface area (Å²) in [4.78, 5) is 24.6. The summed E-state index contributed by atoms with van der Waals surface area (Å²) in [5.74, 6) is -0.134. The summed E-state index contributed by atoms with van der Waals surface area (Å²) in [5, 5.41) is 58.2. The molecule has 0 amide bonds. The van der Waals surface area contributed by atoms with Crippen molar-refractivity contribution >= 4 is 11.9 Å². The Hall–Kier alpha value is -1.78. The third kappa shape index (κ3) is 4.97. The van der Waals surface area contributed by atoms with Gasteiger partial charge in [0.25, 0.3) is 0 Å². The van der Waals surface area contributed by atoms with Gasteiger partial charge in [-0.1, -0.05) is 52.8 Å². The molecule has 5 N–H and O–H groups in total. The quantitative estimate of drug-likeness (QED) is 0.211. The molecular formula is C33H52O9. The molecule has 0 aromatic carbocycles. The van der Waals surface area contributed by atoms with E-state index in [1.807, 2.05) is 0 Å². The predicted octanol–water partition coefficient (Wildman–Crippen LogP) is 3.06. The van der Waals surface area contributed by atoms with Gasteiger partial charge in [0, 0.05) is 20.3 Å².